The van der Waals surface area contributed by atoms with E-state index in [1.54, 1.807) is 26.2 Å². The molecule has 1 aromatic rings. The highest BCUT2D eigenvalue weighted by atomic mass is 16.5. The minimum absolute atomic E-state index is 0.369. The summed E-state index contributed by atoms with van der Waals surface area (Å²) in [6, 6.07) is 3.34. The zero-order valence-electron chi connectivity index (χ0n) is 8.46. The van der Waals surface area contributed by atoms with Gasteiger partial charge in [-0.05, 0) is 18.6 Å². The van der Waals surface area contributed by atoms with E-state index in [9.17, 15) is 4.79 Å². The minimum atomic E-state index is -0.428. The van der Waals surface area contributed by atoms with Crippen LogP contribution in [0.5, 0.6) is 5.75 Å². The Kier molecular flexibility index (Phi) is 2.96. The van der Waals surface area contributed by atoms with Crippen molar-refractivity contribution in [2.75, 3.05) is 20.0 Å². The molecule has 0 radical (unpaired) electrons. The fourth-order valence-corrected chi connectivity index (χ4v) is 1.28. The summed E-state index contributed by atoms with van der Waals surface area (Å²) in [6.07, 6.45) is 0. The van der Waals surface area contributed by atoms with Gasteiger partial charge >= 0.3 is 5.97 Å². The Morgan fingerprint density at radius 2 is 2.00 bits per heavy atom. The van der Waals surface area contributed by atoms with Crippen molar-refractivity contribution in [3.63, 3.8) is 0 Å². The van der Waals surface area contributed by atoms with Crippen LogP contribution in [-0.4, -0.2) is 20.2 Å². The van der Waals surface area contributed by atoms with Gasteiger partial charge in [0.1, 0.15) is 5.75 Å². The fraction of sp³-hybridized carbons (Fsp3) is 0.300. The topological polar surface area (TPSA) is 61.5 Å². The molecule has 0 aliphatic rings. The summed E-state index contributed by atoms with van der Waals surface area (Å²) >= 11 is 0. The summed E-state index contributed by atoms with van der Waals surface area (Å²) in [5, 5.41) is 0. The third-order valence-electron chi connectivity index (χ3n) is 1.96. The molecule has 0 saturated carbocycles. The van der Waals surface area contributed by atoms with E-state index in [-0.39, 0.29) is 0 Å². The first-order valence-electron chi connectivity index (χ1n) is 4.12. The third kappa shape index (κ3) is 1.79. The lowest BCUT2D eigenvalue weighted by Gasteiger charge is -2.09. The first-order chi connectivity index (χ1) is 6.60. The van der Waals surface area contributed by atoms with Gasteiger partial charge in [0.2, 0.25) is 0 Å². The third-order valence-corrected chi connectivity index (χ3v) is 1.96. The molecule has 0 aliphatic heterocycles. The molecule has 4 nitrogen and oxygen atoms in total. The van der Waals surface area contributed by atoms with Crippen LogP contribution in [0.2, 0.25) is 0 Å². The van der Waals surface area contributed by atoms with E-state index in [0.717, 1.165) is 5.56 Å². The van der Waals surface area contributed by atoms with Crippen LogP contribution >= 0.6 is 0 Å². The molecule has 0 saturated heterocycles. The zero-order chi connectivity index (χ0) is 10.7. The summed E-state index contributed by atoms with van der Waals surface area (Å²) in [4.78, 5) is 11.3. The highest BCUT2D eigenvalue weighted by Gasteiger charge is 2.14. The van der Waals surface area contributed by atoms with E-state index in [2.05, 4.69) is 4.74 Å². The van der Waals surface area contributed by atoms with Crippen molar-refractivity contribution in [2.24, 2.45) is 0 Å². The highest BCUT2D eigenvalue weighted by Crippen LogP contribution is 2.24. The average Bonchev–Trinajstić information content (AvgIpc) is 2.16. The smallest absolute Gasteiger partial charge is 0.340 e. The van der Waals surface area contributed by atoms with Gasteiger partial charge in [-0.15, -0.1) is 0 Å². The summed E-state index contributed by atoms with van der Waals surface area (Å²) in [5.41, 5.74) is 7.20. The second-order valence-corrected chi connectivity index (χ2v) is 2.90. The van der Waals surface area contributed by atoms with Crippen molar-refractivity contribution in [1.29, 1.82) is 0 Å². The molecule has 1 rings (SSSR count). The molecule has 2 N–H and O–H groups in total. The lowest BCUT2D eigenvalue weighted by atomic mass is 10.1. The SMILES string of the molecule is COC(=O)c1c(C)cc(OC)cc1N. The molecular weight excluding hydrogens is 182 g/mol. The van der Waals surface area contributed by atoms with Gasteiger partial charge in [0.25, 0.3) is 0 Å². The van der Waals surface area contributed by atoms with Gasteiger partial charge in [0.05, 0.1) is 25.5 Å². The maximum Gasteiger partial charge on any atom is 0.340 e. The van der Waals surface area contributed by atoms with Crippen LogP contribution in [0.1, 0.15) is 15.9 Å². The van der Waals surface area contributed by atoms with Crippen molar-refractivity contribution in [3.05, 3.63) is 23.3 Å². The Balaban J connectivity index is 3.25. The minimum Gasteiger partial charge on any atom is -0.497 e. The Labute approximate surface area is 82.6 Å². The molecule has 76 valence electrons. The number of methoxy groups -OCH3 is 2. The first-order valence-corrected chi connectivity index (χ1v) is 4.12. The van der Waals surface area contributed by atoms with Gasteiger partial charge < -0.3 is 15.2 Å². The van der Waals surface area contributed by atoms with Crippen LogP contribution in [0.15, 0.2) is 12.1 Å². The first kappa shape index (κ1) is 10.4. The molecule has 0 spiro atoms. The molecular formula is C10H13NO3. The standard InChI is InChI=1S/C10H13NO3/c1-6-4-7(13-2)5-8(11)9(6)10(12)14-3/h4-5H,11H2,1-3H3. The number of nitrogens with two attached hydrogens (primary N) is 1. The monoisotopic (exact) mass is 195 g/mol. The van der Waals surface area contributed by atoms with Gasteiger partial charge in [0.15, 0.2) is 0 Å². The molecule has 1 aromatic carbocycles. The number of carbonyl (C=O) groups excluding carboxylic acids is 1. The quantitative estimate of drug-likeness (QED) is 0.572. The van der Waals surface area contributed by atoms with Gasteiger partial charge in [-0.25, -0.2) is 4.79 Å². The molecule has 0 heterocycles. The number of benzene rings is 1. The number of anilines is 1. The van der Waals surface area contributed by atoms with Crippen LogP contribution in [-0.2, 0) is 4.74 Å². The van der Waals surface area contributed by atoms with E-state index in [0.29, 0.717) is 17.0 Å². The van der Waals surface area contributed by atoms with Crippen LogP contribution in [0, 0.1) is 6.92 Å². The second kappa shape index (κ2) is 4.00. The Morgan fingerprint density at radius 1 is 1.36 bits per heavy atom. The predicted molar refractivity (Wildman–Crippen MR) is 53.5 cm³/mol. The second-order valence-electron chi connectivity index (χ2n) is 2.90. The largest absolute Gasteiger partial charge is 0.497 e. The summed E-state index contributed by atoms with van der Waals surface area (Å²) in [6.45, 7) is 1.78. The van der Waals surface area contributed by atoms with Gasteiger partial charge in [-0.2, -0.15) is 0 Å². The Morgan fingerprint density at radius 3 is 2.43 bits per heavy atom. The molecule has 4 heteroatoms. The van der Waals surface area contributed by atoms with Crippen molar-refractivity contribution in [3.8, 4) is 5.75 Å². The van der Waals surface area contributed by atoms with Crippen LogP contribution in [0.4, 0.5) is 5.69 Å². The fourth-order valence-electron chi connectivity index (χ4n) is 1.28. The number of nitrogen functional groups attached to an aromatic ring is 1. The van der Waals surface area contributed by atoms with Crippen LogP contribution in [0.3, 0.4) is 0 Å². The molecule has 0 bridgehead atoms. The highest BCUT2D eigenvalue weighted by molar-refractivity contribution is 5.96. The average molecular weight is 195 g/mol. The maximum atomic E-state index is 11.3. The maximum absolute atomic E-state index is 11.3. The van der Waals surface area contributed by atoms with E-state index < -0.39 is 5.97 Å². The molecule has 0 aliphatic carbocycles. The number of carbonyl (C=O) groups is 1. The van der Waals surface area contributed by atoms with Crippen molar-refractivity contribution < 1.29 is 14.3 Å². The number of rotatable bonds is 2. The van der Waals surface area contributed by atoms with E-state index in [1.807, 2.05) is 0 Å². The molecule has 0 fully saturated rings. The van der Waals surface area contributed by atoms with Crippen LogP contribution < -0.4 is 10.5 Å². The summed E-state index contributed by atoms with van der Waals surface area (Å²) in [5.74, 6) is 0.204. The van der Waals surface area contributed by atoms with E-state index in [1.165, 1.54) is 7.11 Å². The lowest BCUT2D eigenvalue weighted by Crippen LogP contribution is -2.08. The molecule has 0 amide bonds. The van der Waals surface area contributed by atoms with Crippen LogP contribution in [0.25, 0.3) is 0 Å². The molecule has 0 aromatic heterocycles. The molecule has 14 heavy (non-hydrogen) atoms. The normalized spacial score (nSPS) is 9.64. The Hall–Kier alpha value is -1.71. The van der Waals surface area contributed by atoms with E-state index >= 15 is 0 Å². The number of hydrogen-bond donors (Lipinski definition) is 1. The van der Waals surface area contributed by atoms with Gasteiger partial charge in [-0.3, -0.25) is 0 Å². The zero-order valence-corrected chi connectivity index (χ0v) is 8.46. The number of ether oxygens (including phenoxy) is 2. The molecule has 0 unspecified atom stereocenters. The number of aryl methyl sites for hydroxylation is 1. The predicted octanol–water partition coefficient (Wildman–Crippen LogP) is 1.37. The summed E-state index contributed by atoms with van der Waals surface area (Å²) < 4.78 is 9.62. The van der Waals surface area contributed by atoms with Gasteiger partial charge in [-0.1, -0.05) is 0 Å². The number of hydrogen-bond acceptors (Lipinski definition) is 4. The van der Waals surface area contributed by atoms with E-state index in [4.69, 9.17) is 10.5 Å². The van der Waals surface area contributed by atoms with Crippen molar-refractivity contribution in [2.45, 2.75) is 6.92 Å². The lowest BCUT2D eigenvalue weighted by molar-refractivity contribution is 0.0601. The number of esters is 1. The molecule has 0 atom stereocenters. The summed E-state index contributed by atoms with van der Waals surface area (Å²) in [7, 11) is 2.87. The van der Waals surface area contributed by atoms with Crippen molar-refractivity contribution >= 4 is 11.7 Å². The Bertz CT molecular complexity index is 337. The van der Waals surface area contributed by atoms with Gasteiger partial charge in [0, 0.05) is 6.07 Å². The van der Waals surface area contributed by atoms with Crippen molar-refractivity contribution in [1.82, 2.24) is 0 Å².